The van der Waals surface area contributed by atoms with Crippen LogP contribution in [0.25, 0.3) is 0 Å². The third kappa shape index (κ3) is 2.70. The molecule has 0 unspecified atom stereocenters. The van der Waals surface area contributed by atoms with Crippen molar-refractivity contribution in [2.24, 2.45) is 5.73 Å². The molecule has 1 aromatic carbocycles. The summed E-state index contributed by atoms with van der Waals surface area (Å²) in [6, 6.07) is 4.55. The van der Waals surface area contributed by atoms with Gasteiger partial charge in [0.2, 0.25) is 0 Å². The van der Waals surface area contributed by atoms with Crippen molar-refractivity contribution in [1.82, 2.24) is 0 Å². The minimum absolute atomic E-state index is 0.159. The molecule has 2 heteroatoms. The lowest BCUT2D eigenvalue weighted by Crippen LogP contribution is -2.33. The van der Waals surface area contributed by atoms with E-state index in [0.717, 1.165) is 12.3 Å². The van der Waals surface area contributed by atoms with Crippen LogP contribution in [0.2, 0.25) is 0 Å². The van der Waals surface area contributed by atoms with Gasteiger partial charge in [0.25, 0.3) is 0 Å². The Balaban J connectivity index is 2.00. The van der Waals surface area contributed by atoms with Crippen LogP contribution in [0.3, 0.4) is 0 Å². The van der Waals surface area contributed by atoms with Crippen LogP contribution in [0.1, 0.15) is 68.1 Å². The first kappa shape index (κ1) is 14.9. The molecular formula is C19H29NO. The summed E-state index contributed by atoms with van der Waals surface area (Å²) in [7, 11) is 0. The molecule has 3 rings (SSSR count). The highest BCUT2D eigenvalue weighted by molar-refractivity contribution is 5.49. The molecule has 2 aliphatic carbocycles. The molecule has 0 saturated heterocycles. The first-order chi connectivity index (χ1) is 10.2. The molecule has 2 nitrogen and oxygen atoms in total. The summed E-state index contributed by atoms with van der Waals surface area (Å²) in [5.74, 6) is 1.16. The minimum Gasteiger partial charge on any atom is -0.490 e. The summed E-state index contributed by atoms with van der Waals surface area (Å²) >= 11 is 0. The first-order valence-electron chi connectivity index (χ1n) is 8.64. The molecule has 0 aromatic heterocycles. The Kier molecular flexibility index (Phi) is 4.26. The van der Waals surface area contributed by atoms with Crippen molar-refractivity contribution in [2.45, 2.75) is 76.7 Å². The summed E-state index contributed by atoms with van der Waals surface area (Å²) in [5.41, 5.74) is 10.4. The second-order valence-corrected chi connectivity index (χ2v) is 7.10. The second-order valence-electron chi connectivity index (χ2n) is 7.10. The van der Waals surface area contributed by atoms with Crippen molar-refractivity contribution in [2.75, 3.05) is 6.54 Å². The van der Waals surface area contributed by atoms with Crippen molar-refractivity contribution >= 4 is 0 Å². The van der Waals surface area contributed by atoms with Crippen molar-refractivity contribution in [1.29, 1.82) is 0 Å². The fourth-order valence-electron chi connectivity index (χ4n) is 4.17. The van der Waals surface area contributed by atoms with E-state index in [2.05, 4.69) is 26.0 Å². The lowest BCUT2D eigenvalue weighted by Gasteiger charge is -2.32. The SMILES string of the molecule is Cc1ccc(C2(CN)CCCC2)c(OC2CCCC2)c1C. The highest BCUT2D eigenvalue weighted by Gasteiger charge is 2.37. The van der Waals surface area contributed by atoms with Gasteiger partial charge in [0, 0.05) is 17.5 Å². The first-order valence-corrected chi connectivity index (χ1v) is 8.64. The average molecular weight is 287 g/mol. The lowest BCUT2D eigenvalue weighted by molar-refractivity contribution is 0.202. The molecule has 2 N–H and O–H groups in total. The van der Waals surface area contributed by atoms with E-state index in [9.17, 15) is 0 Å². The summed E-state index contributed by atoms with van der Waals surface area (Å²) < 4.78 is 6.50. The Morgan fingerprint density at radius 2 is 1.76 bits per heavy atom. The predicted octanol–water partition coefficient (Wildman–Crippen LogP) is 4.40. The van der Waals surface area contributed by atoms with Crippen LogP contribution in [-0.4, -0.2) is 12.6 Å². The number of benzene rings is 1. The minimum atomic E-state index is 0.159. The molecule has 116 valence electrons. The Morgan fingerprint density at radius 3 is 2.38 bits per heavy atom. The number of aryl methyl sites for hydroxylation is 1. The molecule has 0 heterocycles. The standard InChI is InChI=1S/C19H29NO/c1-14-9-10-17(19(13-20)11-5-6-12-19)18(15(14)2)21-16-7-3-4-8-16/h9-10,16H,3-8,11-13,20H2,1-2H3. The van der Waals surface area contributed by atoms with Gasteiger partial charge in [-0.15, -0.1) is 0 Å². The number of nitrogens with two attached hydrogens (primary N) is 1. The van der Waals surface area contributed by atoms with Gasteiger partial charge in [-0.05, 0) is 63.5 Å². The molecule has 2 saturated carbocycles. The molecule has 21 heavy (non-hydrogen) atoms. The summed E-state index contributed by atoms with van der Waals surface area (Å²) in [6.07, 6.45) is 10.5. The molecule has 0 spiro atoms. The second kappa shape index (κ2) is 6.00. The van der Waals surface area contributed by atoms with Crippen molar-refractivity contribution in [3.05, 3.63) is 28.8 Å². The van der Waals surface area contributed by atoms with E-state index in [1.165, 1.54) is 68.1 Å². The number of hydrogen-bond donors (Lipinski definition) is 1. The molecule has 0 amide bonds. The number of ether oxygens (including phenoxy) is 1. The molecule has 0 aliphatic heterocycles. The highest BCUT2D eigenvalue weighted by Crippen LogP contribution is 2.46. The molecule has 2 aliphatic rings. The van der Waals surface area contributed by atoms with E-state index >= 15 is 0 Å². The van der Waals surface area contributed by atoms with Crippen LogP contribution in [0.5, 0.6) is 5.75 Å². The van der Waals surface area contributed by atoms with Gasteiger partial charge >= 0.3 is 0 Å². The van der Waals surface area contributed by atoms with Crippen molar-refractivity contribution in [3.8, 4) is 5.75 Å². The molecular weight excluding hydrogens is 258 g/mol. The van der Waals surface area contributed by atoms with E-state index in [1.807, 2.05) is 0 Å². The maximum Gasteiger partial charge on any atom is 0.126 e. The van der Waals surface area contributed by atoms with Gasteiger partial charge in [-0.2, -0.15) is 0 Å². The van der Waals surface area contributed by atoms with Crippen LogP contribution >= 0.6 is 0 Å². The largest absolute Gasteiger partial charge is 0.490 e. The topological polar surface area (TPSA) is 35.2 Å². The van der Waals surface area contributed by atoms with E-state index in [1.54, 1.807) is 0 Å². The zero-order valence-electron chi connectivity index (χ0n) is 13.6. The average Bonchev–Trinajstić information content (AvgIpc) is 3.16. The molecule has 1 aromatic rings. The van der Waals surface area contributed by atoms with E-state index in [-0.39, 0.29) is 5.41 Å². The van der Waals surface area contributed by atoms with Crippen molar-refractivity contribution < 1.29 is 4.74 Å². The molecule has 0 radical (unpaired) electrons. The van der Waals surface area contributed by atoms with E-state index in [0.29, 0.717) is 6.10 Å². The van der Waals surface area contributed by atoms with Gasteiger partial charge in [0.15, 0.2) is 0 Å². The third-order valence-corrected chi connectivity index (χ3v) is 5.79. The van der Waals surface area contributed by atoms with E-state index < -0.39 is 0 Å². The Labute approximate surface area is 129 Å². The van der Waals surface area contributed by atoms with Crippen LogP contribution < -0.4 is 10.5 Å². The Morgan fingerprint density at radius 1 is 1.10 bits per heavy atom. The summed E-state index contributed by atoms with van der Waals surface area (Å²) in [5, 5.41) is 0. The maximum absolute atomic E-state index is 6.50. The molecule has 0 bridgehead atoms. The van der Waals surface area contributed by atoms with Crippen LogP contribution in [-0.2, 0) is 5.41 Å². The Bertz CT molecular complexity index is 497. The van der Waals surface area contributed by atoms with Gasteiger partial charge in [0.1, 0.15) is 5.75 Å². The lowest BCUT2D eigenvalue weighted by atomic mass is 9.77. The van der Waals surface area contributed by atoms with Gasteiger partial charge in [0.05, 0.1) is 6.10 Å². The molecule has 0 atom stereocenters. The number of hydrogen-bond acceptors (Lipinski definition) is 2. The predicted molar refractivity (Wildman–Crippen MR) is 88.0 cm³/mol. The van der Waals surface area contributed by atoms with Crippen LogP contribution in [0.15, 0.2) is 12.1 Å². The smallest absolute Gasteiger partial charge is 0.126 e. The van der Waals surface area contributed by atoms with Gasteiger partial charge < -0.3 is 10.5 Å². The summed E-state index contributed by atoms with van der Waals surface area (Å²) in [6.45, 7) is 5.14. The zero-order chi connectivity index (χ0) is 14.9. The third-order valence-electron chi connectivity index (χ3n) is 5.79. The summed E-state index contributed by atoms with van der Waals surface area (Å²) in [4.78, 5) is 0. The van der Waals surface area contributed by atoms with Gasteiger partial charge in [-0.25, -0.2) is 0 Å². The zero-order valence-corrected chi connectivity index (χ0v) is 13.6. The quantitative estimate of drug-likeness (QED) is 0.891. The van der Waals surface area contributed by atoms with E-state index in [4.69, 9.17) is 10.5 Å². The monoisotopic (exact) mass is 287 g/mol. The highest BCUT2D eigenvalue weighted by atomic mass is 16.5. The fourth-order valence-corrected chi connectivity index (χ4v) is 4.17. The van der Waals surface area contributed by atoms with Crippen LogP contribution in [0.4, 0.5) is 0 Å². The normalized spacial score (nSPS) is 21.9. The maximum atomic E-state index is 6.50. The Hall–Kier alpha value is -1.02. The van der Waals surface area contributed by atoms with Gasteiger partial charge in [-0.3, -0.25) is 0 Å². The number of rotatable bonds is 4. The molecule has 2 fully saturated rings. The van der Waals surface area contributed by atoms with Crippen LogP contribution in [0, 0.1) is 13.8 Å². The van der Waals surface area contributed by atoms with Gasteiger partial charge in [-0.1, -0.05) is 25.0 Å². The van der Waals surface area contributed by atoms with Crippen molar-refractivity contribution in [3.63, 3.8) is 0 Å². The fraction of sp³-hybridized carbons (Fsp3) is 0.684.